The molecule has 0 spiro atoms. The van der Waals surface area contributed by atoms with Gasteiger partial charge < -0.3 is 15.5 Å². The number of hydrogen-bond acceptors (Lipinski definition) is 3. The molecule has 0 aromatic rings. The summed E-state index contributed by atoms with van der Waals surface area (Å²) in [4.78, 5) is 12.2. The van der Waals surface area contributed by atoms with Gasteiger partial charge in [-0.05, 0) is 38.5 Å². The van der Waals surface area contributed by atoms with Gasteiger partial charge in [0.1, 0.15) is 0 Å². The summed E-state index contributed by atoms with van der Waals surface area (Å²) in [6.07, 6.45) is 32.5. The van der Waals surface area contributed by atoms with Gasteiger partial charge in [0.05, 0.1) is 18.8 Å². The molecule has 0 aliphatic heterocycles. The van der Waals surface area contributed by atoms with E-state index in [1.165, 1.54) is 109 Å². The second-order valence-electron chi connectivity index (χ2n) is 10.9. The summed E-state index contributed by atoms with van der Waals surface area (Å²) < 4.78 is 0. The van der Waals surface area contributed by atoms with Crippen molar-refractivity contribution in [3.8, 4) is 0 Å². The van der Waals surface area contributed by atoms with Crippen LogP contribution in [0, 0.1) is 0 Å². The van der Waals surface area contributed by atoms with Crippen molar-refractivity contribution in [3.63, 3.8) is 0 Å². The van der Waals surface area contributed by atoms with Crippen molar-refractivity contribution in [1.29, 1.82) is 0 Å². The van der Waals surface area contributed by atoms with E-state index < -0.39 is 12.1 Å². The minimum Gasteiger partial charge on any atom is -0.394 e. The fourth-order valence-corrected chi connectivity index (χ4v) is 4.76. The highest BCUT2D eigenvalue weighted by molar-refractivity contribution is 5.76. The van der Waals surface area contributed by atoms with E-state index in [2.05, 4.69) is 31.3 Å². The fraction of sp³-hybridized carbons (Fsp3) is 0.906. The molecule has 214 valence electrons. The van der Waals surface area contributed by atoms with Gasteiger partial charge in [-0.3, -0.25) is 4.79 Å². The van der Waals surface area contributed by atoms with Crippen LogP contribution in [0.1, 0.15) is 168 Å². The van der Waals surface area contributed by atoms with E-state index >= 15 is 0 Å². The van der Waals surface area contributed by atoms with Gasteiger partial charge >= 0.3 is 0 Å². The minimum absolute atomic E-state index is 0.0437. The Bertz CT molecular complexity index is 480. The third-order valence-electron chi connectivity index (χ3n) is 7.28. The summed E-state index contributed by atoms with van der Waals surface area (Å²) in [6.45, 7) is 4.31. The maximum Gasteiger partial charge on any atom is 0.220 e. The molecule has 0 saturated carbocycles. The van der Waals surface area contributed by atoms with Crippen molar-refractivity contribution < 1.29 is 15.0 Å². The Hall–Kier alpha value is -0.870. The standard InChI is InChI=1S/C32H63NO3/c1-3-5-7-9-11-13-15-17-19-21-23-25-27-31(35)30(29-34)33-32(36)28-26-24-22-20-18-16-14-12-10-8-6-4-2/h17,19,30-31,34-35H,3-16,18,20-29H2,1-2H3,(H,33,36)/b19-17+/t30-,31+/m0/s1. The van der Waals surface area contributed by atoms with E-state index in [9.17, 15) is 15.0 Å². The number of carbonyl (C=O) groups is 1. The summed E-state index contributed by atoms with van der Waals surface area (Å²) in [5.41, 5.74) is 0. The highest BCUT2D eigenvalue weighted by Gasteiger charge is 2.19. The summed E-state index contributed by atoms with van der Waals surface area (Å²) >= 11 is 0. The maximum atomic E-state index is 12.2. The first kappa shape index (κ1) is 35.1. The van der Waals surface area contributed by atoms with Crippen LogP contribution in [-0.4, -0.2) is 34.9 Å². The van der Waals surface area contributed by atoms with Crippen LogP contribution in [-0.2, 0) is 4.79 Å². The van der Waals surface area contributed by atoms with Crippen molar-refractivity contribution in [1.82, 2.24) is 5.32 Å². The Morgan fingerprint density at radius 2 is 1.06 bits per heavy atom. The number of allylic oxidation sites excluding steroid dienone is 2. The predicted molar refractivity (Wildman–Crippen MR) is 156 cm³/mol. The van der Waals surface area contributed by atoms with Gasteiger partial charge in [0.15, 0.2) is 0 Å². The molecule has 3 N–H and O–H groups in total. The van der Waals surface area contributed by atoms with Gasteiger partial charge in [-0.15, -0.1) is 0 Å². The van der Waals surface area contributed by atoms with Crippen molar-refractivity contribution in [2.24, 2.45) is 0 Å². The van der Waals surface area contributed by atoms with Crippen LogP contribution in [0.5, 0.6) is 0 Å². The van der Waals surface area contributed by atoms with Gasteiger partial charge in [0.25, 0.3) is 0 Å². The van der Waals surface area contributed by atoms with E-state index in [1.807, 2.05) is 0 Å². The van der Waals surface area contributed by atoms with Crippen molar-refractivity contribution in [2.45, 2.75) is 180 Å². The Kier molecular flexibility index (Phi) is 28.0. The van der Waals surface area contributed by atoms with E-state index in [4.69, 9.17) is 0 Å². The predicted octanol–water partition coefficient (Wildman–Crippen LogP) is 8.78. The zero-order valence-electron chi connectivity index (χ0n) is 24.3. The molecule has 0 aromatic carbocycles. The summed E-state index contributed by atoms with van der Waals surface area (Å²) in [7, 11) is 0. The Morgan fingerprint density at radius 3 is 1.53 bits per heavy atom. The number of aliphatic hydroxyl groups is 2. The zero-order valence-corrected chi connectivity index (χ0v) is 24.3. The molecule has 0 saturated heterocycles. The normalized spacial score (nSPS) is 13.3. The molecular formula is C32H63NO3. The van der Waals surface area contributed by atoms with Gasteiger partial charge in [-0.2, -0.15) is 0 Å². The van der Waals surface area contributed by atoms with Gasteiger partial charge in [-0.25, -0.2) is 0 Å². The largest absolute Gasteiger partial charge is 0.394 e. The molecule has 4 nitrogen and oxygen atoms in total. The molecule has 0 heterocycles. The second-order valence-corrected chi connectivity index (χ2v) is 10.9. The van der Waals surface area contributed by atoms with E-state index in [1.54, 1.807) is 0 Å². The monoisotopic (exact) mass is 509 g/mol. The smallest absolute Gasteiger partial charge is 0.220 e. The average Bonchev–Trinajstić information content (AvgIpc) is 2.88. The molecule has 0 aliphatic rings. The molecule has 0 aromatic heterocycles. The summed E-state index contributed by atoms with van der Waals surface area (Å²) in [6, 6.07) is -0.543. The fourth-order valence-electron chi connectivity index (χ4n) is 4.76. The van der Waals surface area contributed by atoms with E-state index in [0.717, 1.165) is 32.1 Å². The lowest BCUT2D eigenvalue weighted by atomic mass is 10.0. The number of carbonyl (C=O) groups excluding carboxylic acids is 1. The van der Waals surface area contributed by atoms with Gasteiger partial charge in [0, 0.05) is 6.42 Å². The first-order chi connectivity index (χ1) is 17.7. The molecule has 0 bridgehead atoms. The lowest BCUT2D eigenvalue weighted by Crippen LogP contribution is -2.45. The maximum absolute atomic E-state index is 12.2. The quantitative estimate of drug-likeness (QED) is 0.0729. The molecule has 0 fully saturated rings. The number of amides is 1. The molecule has 4 heteroatoms. The lowest BCUT2D eigenvalue weighted by Gasteiger charge is -2.22. The number of aliphatic hydroxyl groups excluding tert-OH is 2. The topological polar surface area (TPSA) is 69.6 Å². The third-order valence-corrected chi connectivity index (χ3v) is 7.28. The average molecular weight is 510 g/mol. The first-order valence-corrected chi connectivity index (χ1v) is 15.9. The van der Waals surface area contributed by atoms with Crippen LogP contribution in [0.25, 0.3) is 0 Å². The summed E-state index contributed by atoms with van der Waals surface area (Å²) in [5, 5.41) is 22.9. The van der Waals surface area contributed by atoms with Crippen LogP contribution in [0.15, 0.2) is 12.2 Å². The Labute approximate surface area is 225 Å². The molecule has 0 radical (unpaired) electrons. The second kappa shape index (κ2) is 28.7. The number of unbranched alkanes of at least 4 members (excludes halogenated alkanes) is 19. The molecule has 0 aliphatic carbocycles. The van der Waals surface area contributed by atoms with Crippen molar-refractivity contribution >= 4 is 5.91 Å². The Morgan fingerprint density at radius 1 is 0.639 bits per heavy atom. The molecule has 0 rings (SSSR count). The lowest BCUT2D eigenvalue weighted by molar-refractivity contribution is -0.123. The van der Waals surface area contributed by atoms with E-state index in [0.29, 0.717) is 12.8 Å². The van der Waals surface area contributed by atoms with Crippen LogP contribution in [0.3, 0.4) is 0 Å². The van der Waals surface area contributed by atoms with Gasteiger partial charge in [0.2, 0.25) is 5.91 Å². The third kappa shape index (κ3) is 24.8. The molecule has 36 heavy (non-hydrogen) atoms. The van der Waals surface area contributed by atoms with E-state index in [-0.39, 0.29) is 12.5 Å². The van der Waals surface area contributed by atoms with Crippen LogP contribution >= 0.6 is 0 Å². The Balaban J connectivity index is 3.63. The number of nitrogens with one attached hydrogen (secondary N) is 1. The first-order valence-electron chi connectivity index (χ1n) is 15.9. The highest BCUT2D eigenvalue weighted by atomic mass is 16.3. The number of hydrogen-bond donors (Lipinski definition) is 3. The van der Waals surface area contributed by atoms with Crippen molar-refractivity contribution in [3.05, 3.63) is 12.2 Å². The zero-order chi connectivity index (χ0) is 26.5. The van der Waals surface area contributed by atoms with Gasteiger partial charge in [-0.1, -0.05) is 135 Å². The summed E-state index contributed by atoms with van der Waals surface area (Å²) in [5.74, 6) is -0.0437. The molecule has 1 amide bonds. The van der Waals surface area contributed by atoms with Crippen LogP contribution in [0.2, 0.25) is 0 Å². The number of rotatable bonds is 28. The molecular weight excluding hydrogens is 446 g/mol. The molecule has 2 atom stereocenters. The SMILES string of the molecule is CCCCCCCC/C=C/CCCC[C@@H](O)[C@H](CO)NC(=O)CCCCCCCCCCCCCC. The van der Waals surface area contributed by atoms with Crippen LogP contribution in [0.4, 0.5) is 0 Å². The minimum atomic E-state index is -0.673. The van der Waals surface area contributed by atoms with Crippen LogP contribution < -0.4 is 5.32 Å². The van der Waals surface area contributed by atoms with Crippen molar-refractivity contribution in [2.75, 3.05) is 6.61 Å². The molecule has 0 unspecified atom stereocenters. The highest BCUT2D eigenvalue weighted by Crippen LogP contribution is 2.13.